The fourth-order valence-corrected chi connectivity index (χ4v) is 3.75. The Bertz CT molecular complexity index is 937. The van der Waals surface area contributed by atoms with Gasteiger partial charge in [0.1, 0.15) is 11.4 Å². The summed E-state index contributed by atoms with van der Waals surface area (Å²) in [5, 5.41) is 10.8. The molecule has 0 aliphatic carbocycles. The van der Waals surface area contributed by atoms with Crippen LogP contribution in [0.1, 0.15) is 46.9 Å². The van der Waals surface area contributed by atoms with Gasteiger partial charge in [-0.2, -0.15) is 0 Å². The molecule has 0 saturated carbocycles. The Morgan fingerprint density at radius 2 is 1.84 bits per heavy atom. The number of rotatable bonds is 9. The maximum absolute atomic E-state index is 13.9. The number of likely N-dealkylation sites (tertiary alicyclic amines) is 1. The molecule has 1 saturated heterocycles. The third kappa shape index (κ3) is 5.48. The molecule has 0 spiro atoms. The van der Waals surface area contributed by atoms with Crippen LogP contribution in [0.3, 0.4) is 0 Å². The molecule has 0 bridgehead atoms. The van der Waals surface area contributed by atoms with Gasteiger partial charge in [-0.25, -0.2) is 4.39 Å². The van der Waals surface area contributed by atoms with Crippen LogP contribution < -0.4 is 9.47 Å². The van der Waals surface area contributed by atoms with Gasteiger partial charge in [-0.05, 0) is 56.5 Å². The van der Waals surface area contributed by atoms with Crippen LogP contribution in [0.25, 0.3) is 0 Å². The molecule has 6 nitrogen and oxygen atoms in total. The van der Waals surface area contributed by atoms with E-state index in [1.807, 2.05) is 0 Å². The normalized spacial score (nSPS) is 16.0. The number of ether oxygens (including phenoxy) is 2. The highest BCUT2D eigenvalue weighted by Crippen LogP contribution is 2.29. The van der Waals surface area contributed by atoms with Gasteiger partial charge in [-0.3, -0.25) is 9.59 Å². The molecule has 1 aliphatic heterocycles. The summed E-state index contributed by atoms with van der Waals surface area (Å²) < 4.78 is 25.0. The number of Topliss-reactive ketones (excluding diaryl/α,β-unsaturated/α-hetero) is 2. The first kappa shape index (κ1) is 22.9. The second-order valence-corrected chi connectivity index (χ2v) is 7.81. The van der Waals surface area contributed by atoms with Crippen LogP contribution in [-0.4, -0.2) is 60.5 Å². The summed E-state index contributed by atoms with van der Waals surface area (Å²) in [6.07, 6.45) is 1.28. The van der Waals surface area contributed by atoms with E-state index >= 15 is 0 Å². The molecule has 0 amide bonds. The van der Waals surface area contributed by atoms with Gasteiger partial charge >= 0.3 is 0 Å². The van der Waals surface area contributed by atoms with E-state index in [-0.39, 0.29) is 24.2 Å². The second-order valence-electron chi connectivity index (χ2n) is 7.81. The number of nitrogens with zero attached hydrogens (tertiary/aromatic N) is 1. The third-order valence-corrected chi connectivity index (χ3v) is 5.67. The summed E-state index contributed by atoms with van der Waals surface area (Å²) in [5.41, 5.74) is -1.02. The minimum Gasteiger partial charge on any atom is -0.493 e. The average molecular weight is 429 g/mol. The molecule has 166 valence electrons. The second kappa shape index (κ2) is 10.0. The van der Waals surface area contributed by atoms with Crippen molar-refractivity contribution < 1.29 is 28.6 Å². The van der Waals surface area contributed by atoms with Crippen molar-refractivity contribution in [1.29, 1.82) is 0 Å². The van der Waals surface area contributed by atoms with Crippen LogP contribution in [0, 0.1) is 5.82 Å². The molecule has 7 heteroatoms. The average Bonchev–Trinajstić information content (AvgIpc) is 2.77. The zero-order valence-corrected chi connectivity index (χ0v) is 17.9. The Morgan fingerprint density at radius 1 is 1.13 bits per heavy atom. The van der Waals surface area contributed by atoms with Gasteiger partial charge in [0.15, 0.2) is 23.1 Å². The van der Waals surface area contributed by atoms with E-state index < -0.39 is 17.2 Å². The van der Waals surface area contributed by atoms with Crippen LogP contribution in [0.15, 0.2) is 42.5 Å². The minimum atomic E-state index is -1.53. The first-order valence-corrected chi connectivity index (χ1v) is 10.4. The Hall–Kier alpha value is -2.77. The summed E-state index contributed by atoms with van der Waals surface area (Å²) in [4.78, 5) is 26.3. The Labute approximate surface area is 181 Å². The van der Waals surface area contributed by atoms with E-state index in [1.165, 1.54) is 32.2 Å². The van der Waals surface area contributed by atoms with Gasteiger partial charge in [0.25, 0.3) is 0 Å². The number of hydrogen-bond donors (Lipinski definition) is 1. The zero-order chi connectivity index (χ0) is 22.4. The smallest absolute Gasteiger partial charge is 0.197 e. The molecule has 2 aromatic carbocycles. The first-order valence-electron chi connectivity index (χ1n) is 10.4. The van der Waals surface area contributed by atoms with E-state index in [1.54, 1.807) is 24.3 Å². The lowest BCUT2D eigenvalue weighted by Gasteiger charge is -2.37. The highest BCUT2D eigenvalue weighted by Gasteiger charge is 2.40. The maximum atomic E-state index is 13.9. The van der Waals surface area contributed by atoms with Crippen molar-refractivity contribution >= 4 is 11.6 Å². The minimum absolute atomic E-state index is 0.0385. The van der Waals surface area contributed by atoms with Gasteiger partial charge in [0.2, 0.25) is 0 Å². The summed E-state index contributed by atoms with van der Waals surface area (Å²) in [6.45, 7) is 3.81. The van der Waals surface area contributed by atoms with Crippen LogP contribution in [-0.2, 0) is 0 Å². The Kier molecular flexibility index (Phi) is 7.41. The lowest BCUT2D eigenvalue weighted by Crippen LogP contribution is -2.49. The number of aliphatic hydroxyl groups is 1. The fraction of sp³-hybridized carbons (Fsp3) is 0.417. The molecule has 0 atom stereocenters. The van der Waals surface area contributed by atoms with E-state index in [2.05, 4.69) is 4.90 Å². The van der Waals surface area contributed by atoms with Crippen molar-refractivity contribution in [3.63, 3.8) is 0 Å². The van der Waals surface area contributed by atoms with E-state index in [0.717, 1.165) is 13.0 Å². The largest absolute Gasteiger partial charge is 0.493 e. The maximum Gasteiger partial charge on any atom is 0.197 e. The summed E-state index contributed by atoms with van der Waals surface area (Å²) in [6, 6.07) is 10.9. The first-order chi connectivity index (χ1) is 14.8. The Morgan fingerprint density at radius 3 is 2.48 bits per heavy atom. The number of ketones is 2. The highest BCUT2D eigenvalue weighted by molar-refractivity contribution is 6.02. The molecule has 1 N–H and O–H groups in total. The number of hydrogen-bond acceptors (Lipinski definition) is 6. The SMILES string of the molecule is COc1cc(C(C)=O)ccc1OCCCN1CCC(O)(C(=O)c2ccccc2F)CC1. The van der Waals surface area contributed by atoms with Crippen molar-refractivity contribution in [3.8, 4) is 11.5 Å². The highest BCUT2D eigenvalue weighted by atomic mass is 19.1. The molecule has 0 radical (unpaired) electrons. The number of carbonyl (C=O) groups excluding carboxylic acids is 2. The Balaban J connectivity index is 1.46. The summed E-state index contributed by atoms with van der Waals surface area (Å²) in [5.74, 6) is -0.0938. The topological polar surface area (TPSA) is 76.1 Å². The number of methoxy groups -OCH3 is 1. The summed E-state index contributed by atoms with van der Waals surface area (Å²) >= 11 is 0. The molecular weight excluding hydrogens is 401 g/mol. The predicted molar refractivity (Wildman–Crippen MR) is 114 cm³/mol. The number of halogens is 1. The van der Waals surface area contributed by atoms with E-state index in [0.29, 0.717) is 36.8 Å². The van der Waals surface area contributed by atoms with Gasteiger partial charge in [-0.1, -0.05) is 12.1 Å². The number of carbonyl (C=O) groups is 2. The number of piperidine rings is 1. The number of benzene rings is 2. The summed E-state index contributed by atoms with van der Waals surface area (Å²) in [7, 11) is 1.53. The van der Waals surface area contributed by atoms with Gasteiger partial charge < -0.3 is 19.5 Å². The van der Waals surface area contributed by atoms with Crippen LogP contribution >= 0.6 is 0 Å². The van der Waals surface area contributed by atoms with Gasteiger partial charge in [0.05, 0.1) is 19.3 Å². The lowest BCUT2D eigenvalue weighted by atomic mass is 9.84. The molecule has 3 rings (SSSR count). The fourth-order valence-electron chi connectivity index (χ4n) is 3.75. The molecule has 31 heavy (non-hydrogen) atoms. The van der Waals surface area contributed by atoms with Crippen molar-refractivity contribution in [1.82, 2.24) is 4.90 Å². The third-order valence-electron chi connectivity index (χ3n) is 5.67. The van der Waals surface area contributed by atoms with Crippen molar-refractivity contribution in [3.05, 3.63) is 59.4 Å². The van der Waals surface area contributed by atoms with Crippen LogP contribution in [0.2, 0.25) is 0 Å². The molecule has 0 unspecified atom stereocenters. The lowest BCUT2D eigenvalue weighted by molar-refractivity contribution is -0.00723. The van der Waals surface area contributed by atoms with Gasteiger partial charge in [-0.15, -0.1) is 0 Å². The van der Waals surface area contributed by atoms with Crippen molar-refractivity contribution in [2.24, 2.45) is 0 Å². The van der Waals surface area contributed by atoms with E-state index in [4.69, 9.17) is 9.47 Å². The van der Waals surface area contributed by atoms with E-state index in [9.17, 15) is 19.1 Å². The zero-order valence-electron chi connectivity index (χ0n) is 17.9. The quantitative estimate of drug-likeness (QED) is 0.486. The predicted octanol–water partition coefficient (Wildman–Crippen LogP) is 3.52. The molecule has 2 aromatic rings. The van der Waals surface area contributed by atoms with Gasteiger partial charge in [0, 0.05) is 25.2 Å². The molecule has 1 aliphatic rings. The standard InChI is InChI=1S/C24H28FNO5/c1-17(27)18-8-9-21(22(16-18)30-2)31-15-5-12-26-13-10-24(29,11-14-26)23(28)19-6-3-4-7-20(19)25/h3-4,6-9,16,29H,5,10-15H2,1-2H3. The molecule has 1 heterocycles. The van der Waals surface area contributed by atoms with Crippen LogP contribution in [0.5, 0.6) is 11.5 Å². The monoisotopic (exact) mass is 429 g/mol. The molecular formula is C24H28FNO5. The van der Waals surface area contributed by atoms with Crippen molar-refractivity contribution in [2.45, 2.75) is 31.8 Å². The molecule has 0 aromatic heterocycles. The van der Waals surface area contributed by atoms with Crippen molar-refractivity contribution in [2.75, 3.05) is 33.4 Å². The van der Waals surface area contributed by atoms with Crippen LogP contribution in [0.4, 0.5) is 4.39 Å². The molecule has 1 fully saturated rings.